The van der Waals surface area contributed by atoms with Crippen molar-refractivity contribution in [3.63, 3.8) is 0 Å². The van der Waals surface area contributed by atoms with Crippen LogP contribution in [0.5, 0.6) is 0 Å². The first-order valence-electron chi connectivity index (χ1n) is 10.9. The van der Waals surface area contributed by atoms with E-state index in [0.29, 0.717) is 0 Å². The molecule has 0 amide bonds. The fourth-order valence-corrected chi connectivity index (χ4v) is 3.39. The van der Waals surface area contributed by atoms with Crippen LogP contribution in [0.1, 0.15) is 96.8 Å². The van der Waals surface area contributed by atoms with Gasteiger partial charge in [0.1, 0.15) is 6.54 Å². The van der Waals surface area contributed by atoms with E-state index in [9.17, 15) is 0 Å². The molecule has 0 atom stereocenters. The summed E-state index contributed by atoms with van der Waals surface area (Å²) in [6.07, 6.45) is 24.4. The number of rotatable bonds is 16. The van der Waals surface area contributed by atoms with Crippen LogP contribution in [-0.2, 0) is 6.54 Å². The van der Waals surface area contributed by atoms with Crippen LogP contribution < -0.4 is 9.47 Å². The van der Waals surface area contributed by atoms with E-state index >= 15 is 0 Å². The van der Waals surface area contributed by atoms with Crippen LogP contribution in [0, 0.1) is 0 Å². The smallest absolute Gasteiger partial charge is 0.170 e. The molecule has 1 rings (SSSR count). The van der Waals surface area contributed by atoms with Crippen molar-refractivity contribution in [2.24, 2.45) is 0 Å². The zero-order valence-electron chi connectivity index (χ0n) is 17.8. The van der Waals surface area contributed by atoms with Crippen molar-refractivity contribution in [1.29, 1.82) is 0 Å². The second-order valence-electron chi connectivity index (χ2n) is 7.78. The van der Waals surface area contributed by atoms with Crippen molar-refractivity contribution in [2.75, 3.05) is 19.0 Å². The minimum Gasteiger partial charge on any atom is -0.870 e. The molecule has 0 unspecified atom stereocenters. The molecule has 0 saturated heterocycles. The highest BCUT2D eigenvalue weighted by Crippen LogP contribution is 2.13. The minimum absolute atomic E-state index is 0. The van der Waals surface area contributed by atoms with E-state index in [1.807, 2.05) is 0 Å². The van der Waals surface area contributed by atoms with Crippen LogP contribution in [0.15, 0.2) is 24.5 Å². The Labute approximate surface area is 163 Å². The molecule has 0 radical (unpaired) electrons. The van der Waals surface area contributed by atoms with Gasteiger partial charge in [0.05, 0.1) is 0 Å². The molecule has 0 aliphatic rings. The number of anilines is 1. The predicted octanol–water partition coefficient (Wildman–Crippen LogP) is 6.34. The van der Waals surface area contributed by atoms with Crippen molar-refractivity contribution in [2.45, 2.75) is 103 Å². The molecule has 0 fully saturated rings. The van der Waals surface area contributed by atoms with Crippen LogP contribution >= 0.6 is 0 Å². The maximum atomic E-state index is 2.31. The highest BCUT2D eigenvalue weighted by Gasteiger charge is 2.02. The number of nitrogens with zero attached hydrogens (tertiary/aromatic N) is 2. The average Bonchev–Trinajstić information content (AvgIpc) is 2.62. The summed E-state index contributed by atoms with van der Waals surface area (Å²) in [6, 6.07) is 4.40. The molecular weight excluding hydrogens is 320 g/mol. The highest BCUT2D eigenvalue weighted by molar-refractivity contribution is 5.41. The lowest BCUT2D eigenvalue weighted by molar-refractivity contribution is -0.697. The summed E-state index contributed by atoms with van der Waals surface area (Å²) in [5.74, 6) is 0. The highest BCUT2D eigenvalue weighted by atomic mass is 16.0. The number of hydrogen-bond acceptors (Lipinski definition) is 2. The summed E-state index contributed by atoms with van der Waals surface area (Å²) in [7, 11) is 4.18. The van der Waals surface area contributed by atoms with Gasteiger partial charge < -0.3 is 10.4 Å². The van der Waals surface area contributed by atoms with Gasteiger partial charge in [-0.3, -0.25) is 0 Å². The number of hydrogen-bond donors (Lipinski definition) is 0. The van der Waals surface area contributed by atoms with Crippen LogP contribution in [0.4, 0.5) is 5.69 Å². The monoisotopic (exact) mass is 364 g/mol. The maximum absolute atomic E-state index is 2.31. The molecule has 0 spiro atoms. The molecule has 0 aromatic carbocycles. The summed E-state index contributed by atoms with van der Waals surface area (Å²) in [4.78, 5) is 2.15. The number of aryl methyl sites for hydroxylation is 1. The lowest BCUT2D eigenvalue weighted by atomic mass is 10.0. The standard InChI is InChI=1S/C23H43N2.H2O/c1-4-5-6-7-8-9-10-11-12-13-14-15-16-17-20-25-21-18-23(19-22-25)24(2)3;/h18-19,21-22H,4-17,20H2,1-3H3;1H2/q+1;/p-1. The van der Waals surface area contributed by atoms with Crippen molar-refractivity contribution >= 4 is 5.69 Å². The molecule has 26 heavy (non-hydrogen) atoms. The largest absolute Gasteiger partial charge is 0.870 e. The normalized spacial score (nSPS) is 10.6. The third-order valence-corrected chi connectivity index (χ3v) is 5.16. The van der Waals surface area contributed by atoms with E-state index in [1.165, 1.54) is 95.6 Å². The molecule has 0 aliphatic carbocycles. The first kappa shape index (κ1) is 24.9. The lowest BCUT2D eigenvalue weighted by Crippen LogP contribution is -2.32. The van der Waals surface area contributed by atoms with Crippen LogP contribution in [-0.4, -0.2) is 19.6 Å². The van der Waals surface area contributed by atoms with Crippen molar-refractivity contribution in [1.82, 2.24) is 0 Å². The summed E-state index contributed by atoms with van der Waals surface area (Å²) < 4.78 is 2.31. The van der Waals surface area contributed by atoms with Crippen LogP contribution in [0.25, 0.3) is 0 Å². The zero-order valence-corrected chi connectivity index (χ0v) is 17.8. The molecule has 3 nitrogen and oxygen atoms in total. The summed E-state index contributed by atoms with van der Waals surface area (Å²) >= 11 is 0. The van der Waals surface area contributed by atoms with Gasteiger partial charge >= 0.3 is 0 Å². The number of unbranched alkanes of at least 4 members (excludes halogenated alkanes) is 13. The summed E-state index contributed by atoms with van der Waals surface area (Å²) in [5, 5.41) is 0. The summed E-state index contributed by atoms with van der Waals surface area (Å²) in [5.41, 5.74) is 1.28. The Morgan fingerprint density at radius 2 is 1.04 bits per heavy atom. The van der Waals surface area contributed by atoms with Crippen molar-refractivity contribution in [3.05, 3.63) is 24.5 Å². The molecule has 0 saturated carbocycles. The van der Waals surface area contributed by atoms with Gasteiger partial charge in [0.25, 0.3) is 0 Å². The van der Waals surface area contributed by atoms with Gasteiger partial charge in [-0.05, 0) is 6.42 Å². The fourth-order valence-electron chi connectivity index (χ4n) is 3.39. The zero-order chi connectivity index (χ0) is 18.2. The number of aromatic nitrogens is 1. The average molecular weight is 365 g/mol. The molecule has 152 valence electrons. The molecule has 1 heterocycles. The van der Waals surface area contributed by atoms with Crippen LogP contribution in [0.3, 0.4) is 0 Å². The van der Waals surface area contributed by atoms with E-state index in [2.05, 4.69) is 55.0 Å². The molecular formula is C23H44N2O. The Balaban J connectivity index is 0.00000625. The van der Waals surface area contributed by atoms with Gasteiger partial charge in [-0.2, -0.15) is 0 Å². The first-order chi connectivity index (χ1) is 12.2. The van der Waals surface area contributed by atoms with Crippen molar-refractivity contribution < 1.29 is 10.0 Å². The minimum atomic E-state index is 0. The topological polar surface area (TPSA) is 37.1 Å². The maximum Gasteiger partial charge on any atom is 0.170 e. The van der Waals surface area contributed by atoms with Gasteiger partial charge in [0, 0.05) is 38.3 Å². The van der Waals surface area contributed by atoms with Crippen LogP contribution in [0.2, 0.25) is 0 Å². The molecule has 1 N–H and O–H groups in total. The molecule has 1 aromatic rings. The third-order valence-electron chi connectivity index (χ3n) is 5.16. The van der Waals surface area contributed by atoms with Gasteiger partial charge in [-0.25, -0.2) is 4.57 Å². The molecule has 0 bridgehead atoms. The predicted molar refractivity (Wildman–Crippen MR) is 113 cm³/mol. The Morgan fingerprint density at radius 3 is 1.42 bits per heavy atom. The third kappa shape index (κ3) is 13.2. The van der Waals surface area contributed by atoms with Gasteiger partial charge in [0.15, 0.2) is 12.4 Å². The van der Waals surface area contributed by atoms with Gasteiger partial charge in [-0.1, -0.05) is 84.0 Å². The van der Waals surface area contributed by atoms with E-state index in [4.69, 9.17) is 0 Å². The van der Waals surface area contributed by atoms with Gasteiger partial charge in [-0.15, -0.1) is 0 Å². The SMILES string of the molecule is CCCCCCCCCCCCCCCC[n+]1ccc(N(C)C)cc1.[OH-]. The van der Waals surface area contributed by atoms with Gasteiger partial charge in [0.2, 0.25) is 0 Å². The van der Waals surface area contributed by atoms with E-state index in [-0.39, 0.29) is 5.48 Å². The first-order valence-corrected chi connectivity index (χ1v) is 10.9. The second kappa shape index (κ2) is 17.3. The van der Waals surface area contributed by atoms with E-state index in [0.717, 1.165) is 6.54 Å². The fraction of sp³-hybridized carbons (Fsp3) is 0.783. The Hall–Kier alpha value is -1.09. The summed E-state index contributed by atoms with van der Waals surface area (Å²) in [6.45, 7) is 3.45. The quantitative estimate of drug-likeness (QED) is 0.253. The second-order valence-corrected chi connectivity index (χ2v) is 7.78. The molecule has 1 aromatic heterocycles. The molecule has 0 aliphatic heterocycles. The Bertz CT molecular complexity index is 403. The van der Waals surface area contributed by atoms with E-state index < -0.39 is 0 Å². The lowest BCUT2D eigenvalue weighted by Gasteiger charge is -2.10. The van der Waals surface area contributed by atoms with Crippen molar-refractivity contribution in [3.8, 4) is 0 Å². The Kier molecular flexibility index (Phi) is 16.6. The van der Waals surface area contributed by atoms with E-state index in [1.54, 1.807) is 0 Å². The number of pyridine rings is 1. The Morgan fingerprint density at radius 1 is 0.654 bits per heavy atom. The molecule has 3 heteroatoms.